The molecule has 2 aromatic carbocycles. The van der Waals surface area contributed by atoms with Gasteiger partial charge in [-0.3, -0.25) is 4.79 Å². The van der Waals surface area contributed by atoms with Crippen molar-refractivity contribution in [1.82, 2.24) is 4.90 Å². The number of ether oxygens (including phenoxy) is 1. The fourth-order valence-corrected chi connectivity index (χ4v) is 2.99. The van der Waals surface area contributed by atoms with Crippen molar-refractivity contribution in [2.24, 2.45) is 0 Å². The highest BCUT2D eigenvalue weighted by Gasteiger charge is 2.29. The highest BCUT2D eigenvalue weighted by atomic mass is 16.5. The molecule has 1 aliphatic heterocycles. The van der Waals surface area contributed by atoms with Gasteiger partial charge in [-0.2, -0.15) is 0 Å². The van der Waals surface area contributed by atoms with Gasteiger partial charge in [-0.15, -0.1) is 0 Å². The molecule has 1 fully saturated rings. The van der Waals surface area contributed by atoms with Crippen molar-refractivity contribution in [3.8, 4) is 0 Å². The Morgan fingerprint density at radius 1 is 1.08 bits per heavy atom. The molecule has 2 amide bonds. The van der Waals surface area contributed by atoms with Gasteiger partial charge in [-0.05, 0) is 31.5 Å². The van der Waals surface area contributed by atoms with E-state index in [1.807, 2.05) is 37.3 Å². The van der Waals surface area contributed by atoms with E-state index in [0.29, 0.717) is 24.3 Å². The van der Waals surface area contributed by atoms with E-state index in [-0.39, 0.29) is 24.0 Å². The summed E-state index contributed by atoms with van der Waals surface area (Å²) in [6.45, 7) is 4.49. The molecule has 1 aliphatic rings. The van der Waals surface area contributed by atoms with Crippen LogP contribution in [0.2, 0.25) is 0 Å². The summed E-state index contributed by atoms with van der Waals surface area (Å²) in [7, 11) is 0. The SMILES string of the molecule is CC(=O)c1cccc(NC(=O)N2C[C@@H](C)O[C@H](c3ccccc3)C2)c1. The van der Waals surface area contributed by atoms with Crippen molar-refractivity contribution < 1.29 is 14.3 Å². The Bertz CT molecular complexity index is 761. The number of urea groups is 1. The molecule has 0 bridgehead atoms. The summed E-state index contributed by atoms with van der Waals surface area (Å²) in [5.41, 5.74) is 2.26. The minimum Gasteiger partial charge on any atom is -0.367 e. The first-order valence-electron chi connectivity index (χ1n) is 8.40. The van der Waals surface area contributed by atoms with Gasteiger partial charge in [0.15, 0.2) is 5.78 Å². The van der Waals surface area contributed by atoms with Gasteiger partial charge in [-0.25, -0.2) is 4.79 Å². The van der Waals surface area contributed by atoms with E-state index in [0.717, 1.165) is 5.56 Å². The highest BCUT2D eigenvalue weighted by molar-refractivity contribution is 5.96. The van der Waals surface area contributed by atoms with Crippen LogP contribution in [0.1, 0.15) is 35.9 Å². The Hall–Kier alpha value is -2.66. The zero-order chi connectivity index (χ0) is 17.8. The largest absolute Gasteiger partial charge is 0.367 e. The van der Waals surface area contributed by atoms with Crippen LogP contribution in [0.5, 0.6) is 0 Å². The molecule has 0 unspecified atom stereocenters. The highest BCUT2D eigenvalue weighted by Crippen LogP contribution is 2.25. The number of carbonyl (C=O) groups is 2. The van der Waals surface area contributed by atoms with Gasteiger partial charge in [0.2, 0.25) is 0 Å². The normalized spacial score (nSPS) is 20.2. The van der Waals surface area contributed by atoms with Gasteiger partial charge in [0.05, 0.1) is 12.6 Å². The molecule has 5 heteroatoms. The van der Waals surface area contributed by atoms with Crippen LogP contribution >= 0.6 is 0 Å². The lowest BCUT2D eigenvalue weighted by Crippen LogP contribution is -2.47. The summed E-state index contributed by atoms with van der Waals surface area (Å²) < 4.78 is 5.99. The molecule has 0 aromatic heterocycles. The third-order valence-corrected chi connectivity index (χ3v) is 4.24. The lowest BCUT2D eigenvalue weighted by molar-refractivity contribution is -0.0642. The monoisotopic (exact) mass is 338 g/mol. The number of nitrogens with zero attached hydrogens (tertiary/aromatic N) is 1. The Morgan fingerprint density at radius 3 is 2.56 bits per heavy atom. The van der Waals surface area contributed by atoms with Crippen LogP contribution in [0.25, 0.3) is 0 Å². The number of hydrogen-bond donors (Lipinski definition) is 1. The van der Waals surface area contributed by atoms with Gasteiger partial charge in [0, 0.05) is 17.8 Å². The average molecular weight is 338 g/mol. The Morgan fingerprint density at radius 2 is 1.84 bits per heavy atom. The molecule has 2 aromatic rings. The second-order valence-corrected chi connectivity index (χ2v) is 6.32. The van der Waals surface area contributed by atoms with Gasteiger partial charge in [0.25, 0.3) is 0 Å². The van der Waals surface area contributed by atoms with Crippen LogP contribution in [-0.2, 0) is 4.74 Å². The van der Waals surface area contributed by atoms with Crippen LogP contribution in [0, 0.1) is 0 Å². The molecular weight excluding hydrogens is 316 g/mol. The maximum absolute atomic E-state index is 12.6. The van der Waals surface area contributed by atoms with Gasteiger partial charge in [0.1, 0.15) is 6.10 Å². The van der Waals surface area contributed by atoms with E-state index >= 15 is 0 Å². The fraction of sp³-hybridized carbons (Fsp3) is 0.300. The van der Waals surface area contributed by atoms with Crippen molar-refractivity contribution >= 4 is 17.5 Å². The summed E-state index contributed by atoms with van der Waals surface area (Å²) >= 11 is 0. The Balaban J connectivity index is 1.71. The van der Waals surface area contributed by atoms with E-state index in [9.17, 15) is 9.59 Å². The van der Waals surface area contributed by atoms with E-state index in [4.69, 9.17) is 4.74 Å². The zero-order valence-corrected chi connectivity index (χ0v) is 14.4. The zero-order valence-electron chi connectivity index (χ0n) is 14.4. The van der Waals surface area contributed by atoms with Crippen molar-refractivity contribution in [1.29, 1.82) is 0 Å². The number of rotatable bonds is 3. The molecule has 1 N–H and O–H groups in total. The third kappa shape index (κ3) is 4.25. The number of carbonyl (C=O) groups excluding carboxylic acids is 2. The predicted molar refractivity (Wildman–Crippen MR) is 96.8 cm³/mol. The fourth-order valence-electron chi connectivity index (χ4n) is 2.99. The molecule has 0 radical (unpaired) electrons. The summed E-state index contributed by atoms with van der Waals surface area (Å²) in [5, 5.41) is 2.88. The topological polar surface area (TPSA) is 58.6 Å². The Kier molecular flexibility index (Phi) is 5.14. The smallest absolute Gasteiger partial charge is 0.322 e. The number of ketones is 1. The van der Waals surface area contributed by atoms with E-state index < -0.39 is 0 Å². The van der Waals surface area contributed by atoms with Crippen LogP contribution in [-0.4, -0.2) is 35.9 Å². The molecule has 2 atom stereocenters. The average Bonchev–Trinajstić information content (AvgIpc) is 2.62. The van der Waals surface area contributed by atoms with E-state index in [1.165, 1.54) is 6.92 Å². The maximum Gasteiger partial charge on any atom is 0.322 e. The van der Waals surface area contributed by atoms with Crippen LogP contribution in [0.4, 0.5) is 10.5 Å². The van der Waals surface area contributed by atoms with Crippen LogP contribution in [0.15, 0.2) is 54.6 Å². The van der Waals surface area contributed by atoms with Crippen LogP contribution in [0.3, 0.4) is 0 Å². The Labute approximate surface area is 147 Å². The van der Waals surface area contributed by atoms with E-state index in [2.05, 4.69) is 5.32 Å². The van der Waals surface area contributed by atoms with E-state index in [1.54, 1.807) is 29.2 Å². The summed E-state index contributed by atoms with van der Waals surface area (Å²) in [6.07, 6.45) is -0.187. The second kappa shape index (κ2) is 7.49. The number of anilines is 1. The minimum atomic E-state index is -0.184. The molecule has 5 nitrogen and oxygen atoms in total. The summed E-state index contributed by atoms with van der Waals surface area (Å²) in [5.74, 6) is -0.0276. The third-order valence-electron chi connectivity index (χ3n) is 4.24. The lowest BCUT2D eigenvalue weighted by atomic mass is 10.1. The van der Waals surface area contributed by atoms with Crippen molar-refractivity contribution in [3.05, 3.63) is 65.7 Å². The molecular formula is C20H22N2O3. The number of benzene rings is 2. The number of Topliss-reactive ketones (excluding diaryl/α,β-unsaturated/α-hetero) is 1. The standard InChI is InChI=1S/C20H22N2O3/c1-14-12-22(13-19(25-14)16-7-4-3-5-8-16)20(24)21-18-10-6-9-17(11-18)15(2)23/h3-11,14,19H,12-13H2,1-2H3,(H,21,24)/t14-,19+/m1/s1. The number of hydrogen-bond acceptors (Lipinski definition) is 3. The molecule has 0 saturated carbocycles. The molecule has 1 heterocycles. The van der Waals surface area contributed by atoms with Crippen molar-refractivity contribution in [2.45, 2.75) is 26.1 Å². The predicted octanol–water partition coefficient (Wildman–Crippen LogP) is 3.88. The summed E-state index contributed by atoms with van der Waals surface area (Å²) in [6, 6.07) is 16.7. The second-order valence-electron chi connectivity index (χ2n) is 6.32. The van der Waals surface area contributed by atoms with Crippen LogP contribution < -0.4 is 5.32 Å². The van der Waals surface area contributed by atoms with Crippen molar-refractivity contribution in [2.75, 3.05) is 18.4 Å². The number of amides is 2. The molecule has 3 rings (SSSR count). The first-order chi connectivity index (χ1) is 12.0. The lowest BCUT2D eigenvalue weighted by Gasteiger charge is -2.37. The molecule has 0 spiro atoms. The van der Waals surface area contributed by atoms with Gasteiger partial charge >= 0.3 is 6.03 Å². The molecule has 25 heavy (non-hydrogen) atoms. The first-order valence-corrected chi connectivity index (χ1v) is 8.40. The number of morpholine rings is 1. The van der Waals surface area contributed by atoms with Crippen molar-refractivity contribution in [3.63, 3.8) is 0 Å². The maximum atomic E-state index is 12.6. The van der Waals surface area contributed by atoms with Gasteiger partial charge < -0.3 is 15.0 Å². The first kappa shape index (κ1) is 17.2. The molecule has 130 valence electrons. The molecule has 1 saturated heterocycles. The molecule has 0 aliphatic carbocycles. The number of nitrogens with one attached hydrogen (secondary N) is 1. The minimum absolute atomic E-state index is 0.0276. The van der Waals surface area contributed by atoms with Gasteiger partial charge in [-0.1, -0.05) is 42.5 Å². The summed E-state index contributed by atoms with van der Waals surface area (Å²) in [4.78, 5) is 25.9. The quantitative estimate of drug-likeness (QED) is 0.864.